The summed E-state index contributed by atoms with van der Waals surface area (Å²) in [5.74, 6) is -0.142. The molecular formula is C20H25FN4O. The first kappa shape index (κ1) is 18.5. The molecule has 26 heavy (non-hydrogen) atoms. The highest BCUT2D eigenvalue weighted by Crippen LogP contribution is 2.20. The second kappa shape index (κ2) is 8.38. The smallest absolute Gasteiger partial charge is 0.251 e. The summed E-state index contributed by atoms with van der Waals surface area (Å²) < 4.78 is 13.1. The van der Waals surface area contributed by atoms with E-state index in [2.05, 4.69) is 20.1 Å². The molecule has 138 valence electrons. The molecule has 0 bridgehead atoms. The molecule has 6 heteroatoms. The van der Waals surface area contributed by atoms with Crippen LogP contribution in [-0.2, 0) is 6.54 Å². The van der Waals surface area contributed by atoms with E-state index in [9.17, 15) is 9.18 Å². The number of rotatable bonds is 6. The van der Waals surface area contributed by atoms with Crippen LogP contribution in [0.4, 0.5) is 4.39 Å². The van der Waals surface area contributed by atoms with Gasteiger partial charge in [0, 0.05) is 56.1 Å². The number of pyridine rings is 1. The summed E-state index contributed by atoms with van der Waals surface area (Å²) in [6.07, 6.45) is 3.60. The van der Waals surface area contributed by atoms with Crippen molar-refractivity contribution in [2.75, 3.05) is 33.7 Å². The predicted octanol–water partition coefficient (Wildman–Crippen LogP) is 2.01. The normalized spacial score (nSPS) is 20.5. The average molecular weight is 356 g/mol. The van der Waals surface area contributed by atoms with Gasteiger partial charge in [-0.1, -0.05) is 0 Å². The lowest BCUT2D eigenvalue weighted by Crippen LogP contribution is -2.43. The molecule has 1 fully saturated rings. The highest BCUT2D eigenvalue weighted by molar-refractivity contribution is 5.94. The van der Waals surface area contributed by atoms with Gasteiger partial charge in [-0.15, -0.1) is 0 Å². The lowest BCUT2D eigenvalue weighted by Gasteiger charge is -2.23. The number of halogens is 1. The highest BCUT2D eigenvalue weighted by atomic mass is 19.1. The maximum atomic E-state index is 13.1. The largest absolute Gasteiger partial charge is 0.348 e. The molecule has 2 heterocycles. The highest BCUT2D eigenvalue weighted by Gasteiger charge is 2.34. The number of likely N-dealkylation sites (tertiary alicyclic amines) is 1. The third-order valence-electron chi connectivity index (χ3n) is 4.69. The van der Waals surface area contributed by atoms with Gasteiger partial charge in [0.1, 0.15) is 5.82 Å². The van der Waals surface area contributed by atoms with E-state index in [1.165, 1.54) is 29.8 Å². The zero-order valence-electron chi connectivity index (χ0n) is 15.2. The Bertz CT molecular complexity index is 720. The molecule has 0 spiro atoms. The topological polar surface area (TPSA) is 48.5 Å². The van der Waals surface area contributed by atoms with E-state index in [4.69, 9.17) is 0 Å². The Morgan fingerprint density at radius 3 is 2.54 bits per heavy atom. The molecule has 0 aliphatic carbocycles. The first-order valence-corrected chi connectivity index (χ1v) is 8.83. The van der Waals surface area contributed by atoms with Gasteiger partial charge in [-0.05, 0) is 56.1 Å². The molecular weight excluding hydrogens is 331 g/mol. The molecule has 1 aromatic carbocycles. The van der Waals surface area contributed by atoms with E-state index in [0.717, 1.165) is 26.2 Å². The van der Waals surface area contributed by atoms with Crippen molar-refractivity contribution in [3.8, 4) is 0 Å². The van der Waals surface area contributed by atoms with Gasteiger partial charge < -0.3 is 10.2 Å². The number of amides is 1. The molecule has 2 aromatic rings. The van der Waals surface area contributed by atoms with Crippen molar-refractivity contribution in [1.29, 1.82) is 0 Å². The maximum absolute atomic E-state index is 13.1. The van der Waals surface area contributed by atoms with Gasteiger partial charge in [0.15, 0.2) is 0 Å². The first-order valence-electron chi connectivity index (χ1n) is 8.83. The average Bonchev–Trinajstić information content (AvgIpc) is 2.96. The fourth-order valence-electron chi connectivity index (χ4n) is 3.51. The van der Waals surface area contributed by atoms with Crippen LogP contribution in [0.15, 0.2) is 48.8 Å². The van der Waals surface area contributed by atoms with Crippen molar-refractivity contribution >= 4 is 5.91 Å². The molecule has 1 N–H and O–H groups in total. The summed E-state index contributed by atoms with van der Waals surface area (Å²) in [6, 6.07) is 9.78. The summed E-state index contributed by atoms with van der Waals surface area (Å²) in [4.78, 5) is 21.1. The molecule has 1 aromatic heterocycles. The fraction of sp³-hybridized carbons (Fsp3) is 0.400. The van der Waals surface area contributed by atoms with Gasteiger partial charge >= 0.3 is 0 Å². The van der Waals surface area contributed by atoms with Crippen molar-refractivity contribution in [3.05, 3.63) is 65.7 Å². The third kappa shape index (κ3) is 4.86. The summed E-state index contributed by atoms with van der Waals surface area (Å²) in [5.41, 5.74) is 1.71. The Balaban J connectivity index is 1.66. The Morgan fingerprint density at radius 2 is 1.88 bits per heavy atom. The van der Waals surface area contributed by atoms with Gasteiger partial charge in [-0.2, -0.15) is 0 Å². The maximum Gasteiger partial charge on any atom is 0.251 e. The van der Waals surface area contributed by atoms with Crippen LogP contribution in [0.25, 0.3) is 0 Å². The number of carbonyl (C=O) groups is 1. The number of carbonyl (C=O) groups excluding carboxylic acids is 1. The Morgan fingerprint density at radius 1 is 1.19 bits per heavy atom. The van der Waals surface area contributed by atoms with Crippen LogP contribution in [0.3, 0.4) is 0 Å². The molecule has 0 unspecified atom stereocenters. The molecule has 1 aliphatic rings. The van der Waals surface area contributed by atoms with Gasteiger partial charge in [-0.25, -0.2) is 4.39 Å². The standard InChI is InChI=1S/C20H25FN4O/c1-24(2)12-17-13-25(11-15-7-9-22-10-8-15)14-19(17)23-20(26)16-3-5-18(21)6-4-16/h3-10,17,19H,11-14H2,1-2H3,(H,23,26)/t17-,19-/m1/s1. The van der Waals surface area contributed by atoms with Crippen molar-refractivity contribution in [3.63, 3.8) is 0 Å². The van der Waals surface area contributed by atoms with Gasteiger partial charge in [0.25, 0.3) is 5.91 Å². The van der Waals surface area contributed by atoms with Gasteiger partial charge in [0.2, 0.25) is 0 Å². The Labute approximate surface area is 153 Å². The van der Waals surface area contributed by atoms with Crippen molar-refractivity contribution in [2.24, 2.45) is 5.92 Å². The zero-order chi connectivity index (χ0) is 18.5. The third-order valence-corrected chi connectivity index (χ3v) is 4.69. The number of hydrogen-bond acceptors (Lipinski definition) is 4. The van der Waals surface area contributed by atoms with Crippen LogP contribution in [0, 0.1) is 11.7 Å². The Kier molecular flexibility index (Phi) is 5.96. The minimum Gasteiger partial charge on any atom is -0.348 e. The molecule has 1 aliphatic heterocycles. The van der Waals surface area contributed by atoms with Crippen LogP contribution in [-0.4, -0.2) is 60.5 Å². The van der Waals surface area contributed by atoms with E-state index in [0.29, 0.717) is 11.5 Å². The summed E-state index contributed by atoms with van der Waals surface area (Å²) >= 11 is 0. The second-order valence-corrected chi connectivity index (χ2v) is 7.16. The second-order valence-electron chi connectivity index (χ2n) is 7.16. The summed E-state index contributed by atoms with van der Waals surface area (Å²) in [6.45, 7) is 3.47. The van der Waals surface area contributed by atoms with Crippen LogP contribution in [0.2, 0.25) is 0 Å². The fourth-order valence-corrected chi connectivity index (χ4v) is 3.51. The minimum absolute atomic E-state index is 0.0665. The molecule has 1 saturated heterocycles. The Hall–Kier alpha value is -2.31. The quantitative estimate of drug-likeness (QED) is 0.860. The van der Waals surface area contributed by atoms with E-state index in [1.54, 1.807) is 12.4 Å². The summed E-state index contributed by atoms with van der Waals surface area (Å²) in [5, 5.41) is 3.14. The summed E-state index contributed by atoms with van der Waals surface area (Å²) in [7, 11) is 4.09. The van der Waals surface area contributed by atoms with Crippen molar-refractivity contribution < 1.29 is 9.18 Å². The van der Waals surface area contributed by atoms with Gasteiger partial charge in [0.05, 0.1) is 0 Å². The SMILES string of the molecule is CN(C)C[C@@H]1CN(Cc2ccncc2)C[C@H]1NC(=O)c1ccc(F)cc1. The molecule has 2 atom stereocenters. The number of nitrogens with zero attached hydrogens (tertiary/aromatic N) is 3. The van der Waals surface area contributed by atoms with Crippen LogP contribution in [0.5, 0.6) is 0 Å². The van der Waals surface area contributed by atoms with Crippen molar-refractivity contribution in [2.45, 2.75) is 12.6 Å². The minimum atomic E-state index is -0.337. The van der Waals surface area contributed by atoms with E-state index < -0.39 is 0 Å². The zero-order valence-corrected chi connectivity index (χ0v) is 15.2. The number of hydrogen-bond donors (Lipinski definition) is 1. The molecule has 0 saturated carbocycles. The number of benzene rings is 1. The molecule has 1 amide bonds. The van der Waals surface area contributed by atoms with Crippen LogP contribution >= 0.6 is 0 Å². The number of aromatic nitrogens is 1. The van der Waals surface area contributed by atoms with E-state index in [1.807, 2.05) is 26.2 Å². The molecule has 5 nitrogen and oxygen atoms in total. The lowest BCUT2D eigenvalue weighted by molar-refractivity contribution is 0.0926. The number of nitrogens with one attached hydrogen (secondary N) is 1. The molecule has 3 rings (SSSR count). The lowest BCUT2D eigenvalue weighted by atomic mass is 10.0. The van der Waals surface area contributed by atoms with Gasteiger partial charge in [-0.3, -0.25) is 14.7 Å². The monoisotopic (exact) mass is 356 g/mol. The van der Waals surface area contributed by atoms with Crippen LogP contribution < -0.4 is 5.32 Å². The van der Waals surface area contributed by atoms with Crippen LogP contribution in [0.1, 0.15) is 15.9 Å². The first-order chi connectivity index (χ1) is 12.5. The molecule has 0 radical (unpaired) electrons. The predicted molar refractivity (Wildman–Crippen MR) is 99.2 cm³/mol. The van der Waals surface area contributed by atoms with E-state index in [-0.39, 0.29) is 17.8 Å². The van der Waals surface area contributed by atoms with Crippen molar-refractivity contribution in [1.82, 2.24) is 20.1 Å². The van der Waals surface area contributed by atoms with E-state index >= 15 is 0 Å².